The standard InChI is InChI=1S/C12H14O5/c1-16-12(15)11-7-4-2-3-5-8(7)17-9(11)6-10(13)14/h2-6H2,1H3,(H,13,14). The largest absolute Gasteiger partial charge is 0.481 e. The van der Waals surface area contributed by atoms with Crippen molar-refractivity contribution in [3.05, 3.63) is 22.6 Å². The van der Waals surface area contributed by atoms with Gasteiger partial charge in [0.15, 0.2) is 0 Å². The summed E-state index contributed by atoms with van der Waals surface area (Å²) in [5.41, 5.74) is 1.16. The van der Waals surface area contributed by atoms with Gasteiger partial charge in [-0.15, -0.1) is 0 Å². The summed E-state index contributed by atoms with van der Waals surface area (Å²) in [6.07, 6.45) is 3.23. The van der Waals surface area contributed by atoms with Gasteiger partial charge in [-0.05, 0) is 19.3 Å². The first-order valence-corrected chi connectivity index (χ1v) is 5.57. The Morgan fingerprint density at radius 2 is 2.06 bits per heavy atom. The second-order valence-corrected chi connectivity index (χ2v) is 4.07. The van der Waals surface area contributed by atoms with Crippen molar-refractivity contribution in [2.24, 2.45) is 0 Å². The van der Waals surface area contributed by atoms with Crippen molar-refractivity contribution < 1.29 is 23.8 Å². The third-order valence-corrected chi connectivity index (χ3v) is 2.95. The van der Waals surface area contributed by atoms with Crippen molar-refractivity contribution in [2.45, 2.75) is 32.1 Å². The highest BCUT2D eigenvalue weighted by Crippen LogP contribution is 2.30. The summed E-state index contributed by atoms with van der Waals surface area (Å²) in [6, 6.07) is 0. The number of carboxylic acid groups (broad SMARTS) is 1. The molecular formula is C12H14O5. The number of hydrogen-bond acceptors (Lipinski definition) is 4. The predicted octanol–water partition coefficient (Wildman–Crippen LogP) is 1.57. The van der Waals surface area contributed by atoms with E-state index in [9.17, 15) is 9.59 Å². The Morgan fingerprint density at radius 3 is 2.71 bits per heavy atom. The van der Waals surface area contributed by atoms with Crippen LogP contribution in [0.2, 0.25) is 0 Å². The maximum atomic E-state index is 11.7. The number of rotatable bonds is 3. The summed E-state index contributed by atoms with van der Waals surface area (Å²) < 4.78 is 10.2. The normalized spacial score (nSPS) is 14.2. The van der Waals surface area contributed by atoms with Gasteiger partial charge in [0.05, 0.1) is 7.11 Å². The molecule has 0 fully saturated rings. The molecule has 0 spiro atoms. The fourth-order valence-corrected chi connectivity index (χ4v) is 2.22. The van der Waals surface area contributed by atoms with Gasteiger partial charge in [0.1, 0.15) is 23.5 Å². The van der Waals surface area contributed by atoms with Crippen LogP contribution in [0.1, 0.15) is 40.3 Å². The number of carbonyl (C=O) groups is 2. The van der Waals surface area contributed by atoms with Crippen LogP contribution in [0.25, 0.3) is 0 Å². The number of fused-ring (bicyclic) bond motifs is 1. The minimum Gasteiger partial charge on any atom is -0.481 e. The van der Waals surface area contributed by atoms with Gasteiger partial charge in [0.25, 0.3) is 0 Å². The Balaban J connectivity index is 2.46. The van der Waals surface area contributed by atoms with Crippen LogP contribution in [0.15, 0.2) is 4.42 Å². The SMILES string of the molecule is COC(=O)c1c(CC(=O)O)oc2c1CCCC2. The highest BCUT2D eigenvalue weighted by Gasteiger charge is 2.28. The summed E-state index contributed by atoms with van der Waals surface area (Å²) in [4.78, 5) is 22.4. The van der Waals surface area contributed by atoms with Crippen molar-refractivity contribution in [2.75, 3.05) is 7.11 Å². The Morgan fingerprint density at radius 1 is 1.35 bits per heavy atom. The summed E-state index contributed by atoms with van der Waals surface area (Å²) in [7, 11) is 1.29. The zero-order chi connectivity index (χ0) is 12.4. The van der Waals surface area contributed by atoms with Crippen LogP contribution in [0.3, 0.4) is 0 Å². The first-order valence-electron chi connectivity index (χ1n) is 5.57. The van der Waals surface area contributed by atoms with Gasteiger partial charge < -0.3 is 14.3 Å². The molecule has 0 aliphatic heterocycles. The lowest BCUT2D eigenvalue weighted by molar-refractivity contribution is -0.136. The highest BCUT2D eigenvalue weighted by atomic mass is 16.5. The predicted molar refractivity (Wildman–Crippen MR) is 58.0 cm³/mol. The summed E-state index contributed by atoms with van der Waals surface area (Å²) in [5.74, 6) is -0.557. The van der Waals surface area contributed by atoms with E-state index in [1.165, 1.54) is 7.11 Å². The lowest BCUT2D eigenvalue weighted by Crippen LogP contribution is -2.11. The average molecular weight is 238 g/mol. The Hall–Kier alpha value is -1.78. The van der Waals surface area contributed by atoms with Crippen LogP contribution in [0, 0.1) is 0 Å². The number of aryl methyl sites for hydroxylation is 1. The zero-order valence-electron chi connectivity index (χ0n) is 9.62. The molecule has 0 atom stereocenters. The van der Waals surface area contributed by atoms with E-state index in [1.807, 2.05) is 0 Å². The van der Waals surface area contributed by atoms with Gasteiger partial charge in [-0.1, -0.05) is 0 Å². The van der Waals surface area contributed by atoms with Gasteiger partial charge >= 0.3 is 11.9 Å². The summed E-state index contributed by atoms with van der Waals surface area (Å²) in [6.45, 7) is 0. The Labute approximate surface area is 98.4 Å². The fourth-order valence-electron chi connectivity index (χ4n) is 2.22. The smallest absolute Gasteiger partial charge is 0.341 e. The molecule has 1 N–H and O–H groups in total. The van der Waals surface area contributed by atoms with Gasteiger partial charge in [-0.2, -0.15) is 0 Å². The molecular weight excluding hydrogens is 224 g/mol. The molecule has 1 aromatic rings. The van der Waals surface area contributed by atoms with Crippen LogP contribution in [-0.2, 0) is 28.8 Å². The molecule has 5 heteroatoms. The number of esters is 1. The van der Waals surface area contributed by atoms with Crippen LogP contribution in [-0.4, -0.2) is 24.2 Å². The van der Waals surface area contributed by atoms with E-state index in [1.54, 1.807) is 0 Å². The Kier molecular flexibility index (Phi) is 3.17. The third kappa shape index (κ3) is 2.18. The van der Waals surface area contributed by atoms with E-state index >= 15 is 0 Å². The van der Waals surface area contributed by atoms with E-state index in [0.717, 1.165) is 37.0 Å². The number of furan rings is 1. The number of hydrogen-bond donors (Lipinski definition) is 1. The third-order valence-electron chi connectivity index (χ3n) is 2.95. The van der Waals surface area contributed by atoms with Crippen LogP contribution >= 0.6 is 0 Å². The van der Waals surface area contributed by atoms with Crippen molar-refractivity contribution in [3.8, 4) is 0 Å². The average Bonchev–Trinajstić information content (AvgIpc) is 2.65. The molecule has 92 valence electrons. The lowest BCUT2D eigenvalue weighted by atomic mass is 9.94. The van der Waals surface area contributed by atoms with E-state index < -0.39 is 11.9 Å². The molecule has 1 aromatic heterocycles. The lowest BCUT2D eigenvalue weighted by Gasteiger charge is -2.09. The highest BCUT2D eigenvalue weighted by molar-refractivity contribution is 5.93. The van der Waals surface area contributed by atoms with E-state index in [0.29, 0.717) is 5.56 Å². The molecule has 0 amide bonds. The minimum atomic E-state index is -1.01. The topological polar surface area (TPSA) is 76.7 Å². The maximum absolute atomic E-state index is 11.7. The number of carbonyl (C=O) groups excluding carboxylic acids is 1. The van der Waals surface area contributed by atoms with Gasteiger partial charge in [-0.3, -0.25) is 4.79 Å². The van der Waals surface area contributed by atoms with Crippen molar-refractivity contribution >= 4 is 11.9 Å². The van der Waals surface area contributed by atoms with Crippen LogP contribution in [0.4, 0.5) is 0 Å². The number of carboxylic acids is 1. The quantitative estimate of drug-likeness (QED) is 0.809. The molecule has 0 bridgehead atoms. The number of aliphatic carboxylic acids is 1. The van der Waals surface area contributed by atoms with E-state index in [4.69, 9.17) is 14.3 Å². The van der Waals surface area contributed by atoms with E-state index in [-0.39, 0.29) is 12.2 Å². The molecule has 1 aliphatic rings. The first kappa shape index (κ1) is 11.7. The minimum absolute atomic E-state index is 0.219. The maximum Gasteiger partial charge on any atom is 0.341 e. The van der Waals surface area contributed by atoms with Crippen molar-refractivity contribution in [1.82, 2.24) is 0 Å². The number of methoxy groups -OCH3 is 1. The molecule has 1 aliphatic carbocycles. The van der Waals surface area contributed by atoms with E-state index in [2.05, 4.69) is 0 Å². The van der Waals surface area contributed by atoms with Crippen molar-refractivity contribution in [1.29, 1.82) is 0 Å². The van der Waals surface area contributed by atoms with Gasteiger partial charge in [0, 0.05) is 12.0 Å². The molecule has 5 nitrogen and oxygen atoms in total. The molecule has 0 aromatic carbocycles. The molecule has 0 unspecified atom stereocenters. The number of ether oxygens (including phenoxy) is 1. The summed E-state index contributed by atoms with van der Waals surface area (Å²) in [5, 5.41) is 8.79. The molecule has 0 radical (unpaired) electrons. The van der Waals surface area contributed by atoms with Crippen LogP contribution in [0.5, 0.6) is 0 Å². The van der Waals surface area contributed by atoms with Crippen LogP contribution < -0.4 is 0 Å². The van der Waals surface area contributed by atoms with Gasteiger partial charge in [0.2, 0.25) is 0 Å². The molecule has 1 heterocycles. The molecule has 0 saturated carbocycles. The van der Waals surface area contributed by atoms with Crippen molar-refractivity contribution in [3.63, 3.8) is 0 Å². The second kappa shape index (κ2) is 4.61. The first-order chi connectivity index (χ1) is 8.13. The molecule has 17 heavy (non-hydrogen) atoms. The fraction of sp³-hybridized carbons (Fsp3) is 0.500. The molecule has 2 rings (SSSR count). The molecule has 0 saturated heterocycles. The monoisotopic (exact) mass is 238 g/mol. The summed E-state index contributed by atoms with van der Waals surface area (Å²) >= 11 is 0. The zero-order valence-corrected chi connectivity index (χ0v) is 9.62. The van der Waals surface area contributed by atoms with Gasteiger partial charge in [-0.25, -0.2) is 4.79 Å². The second-order valence-electron chi connectivity index (χ2n) is 4.07. The Bertz CT molecular complexity index is 458.